The van der Waals surface area contributed by atoms with Gasteiger partial charge in [0.25, 0.3) is 0 Å². The van der Waals surface area contributed by atoms with Crippen LogP contribution in [0.2, 0.25) is 0 Å². The maximum Gasteiger partial charge on any atom is 0.232 e. The lowest BCUT2D eigenvalue weighted by molar-refractivity contribution is 0.622. The lowest BCUT2D eigenvalue weighted by atomic mass is 10.0. The highest BCUT2D eigenvalue weighted by atomic mass is 16.3. The maximum atomic E-state index is 5.95. The molecule has 0 saturated carbocycles. The van der Waals surface area contributed by atoms with Crippen molar-refractivity contribution in [3.05, 3.63) is 59.7 Å². The molecule has 0 aliphatic rings. The first-order valence-electron chi connectivity index (χ1n) is 8.88. The highest BCUT2D eigenvalue weighted by Gasteiger charge is 2.16. The van der Waals surface area contributed by atoms with Crippen molar-refractivity contribution >= 4 is 28.6 Å². The molecule has 0 fully saturated rings. The molecule has 0 aliphatic carbocycles. The van der Waals surface area contributed by atoms with Crippen LogP contribution in [-0.4, -0.2) is 15.0 Å². The number of para-hydroxylation sites is 1. The predicted molar refractivity (Wildman–Crippen MR) is 108 cm³/mol. The number of benzene rings is 2. The fourth-order valence-electron chi connectivity index (χ4n) is 3.02. The topological polar surface area (TPSA) is 89.9 Å². The first-order chi connectivity index (χ1) is 13.0. The largest absolute Gasteiger partial charge is 0.452 e. The Balaban J connectivity index is 1.69. The van der Waals surface area contributed by atoms with Crippen LogP contribution < -0.4 is 11.1 Å². The number of hydrogen-bond acceptors (Lipinski definition) is 6. The van der Waals surface area contributed by atoms with Crippen molar-refractivity contribution in [3.8, 4) is 11.6 Å². The molecule has 136 valence electrons. The Morgan fingerprint density at radius 2 is 1.70 bits per heavy atom. The zero-order valence-electron chi connectivity index (χ0n) is 15.5. The third-order valence-corrected chi connectivity index (χ3v) is 4.53. The number of fused-ring (bicyclic) bond motifs is 1. The summed E-state index contributed by atoms with van der Waals surface area (Å²) >= 11 is 0. The van der Waals surface area contributed by atoms with Gasteiger partial charge in [-0.2, -0.15) is 15.0 Å². The summed E-state index contributed by atoms with van der Waals surface area (Å²) in [5, 5.41) is 4.22. The molecule has 3 N–H and O–H groups in total. The van der Waals surface area contributed by atoms with E-state index in [-0.39, 0.29) is 5.95 Å². The zero-order valence-corrected chi connectivity index (χ0v) is 15.5. The van der Waals surface area contributed by atoms with Gasteiger partial charge in [-0.05, 0) is 36.6 Å². The summed E-state index contributed by atoms with van der Waals surface area (Å²) in [6.07, 6.45) is 0. The normalized spacial score (nSPS) is 11.3. The van der Waals surface area contributed by atoms with E-state index in [9.17, 15) is 0 Å². The van der Waals surface area contributed by atoms with Crippen molar-refractivity contribution in [3.63, 3.8) is 0 Å². The Morgan fingerprint density at radius 1 is 0.963 bits per heavy atom. The van der Waals surface area contributed by atoms with Crippen molar-refractivity contribution in [2.45, 2.75) is 26.7 Å². The molecule has 6 nitrogen and oxygen atoms in total. The van der Waals surface area contributed by atoms with Crippen molar-refractivity contribution < 1.29 is 4.42 Å². The quantitative estimate of drug-likeness (QED) is 0.530. The number of furan rings is 1. The number of nitrogens with zero attached hydrogens (tertiary/aromatic N) is 3. The van der Waals surface area contributed by atoms with Gasteiger partial charge in [0.2, 0.25) is 17.7 Å². The van der Waals surface area contributed by atoms with Crippen LogP contribution in [-0.2, 0) is 0 Å². The number of nitrogens with two attached hydrogens (primary N) is 1. The van der Waals surface area contributed by atoms with E-state index < -0.39 is 0 Å². The molecule has 27 heavy (non-hydrogen) atoms. The van der Waals surface area contributed by atoms with Crippen LogP contribution >= 0.6 is 0 Å². The van der Waals surface area contributed by atoms with Gasteiger partial charge in [-0.1, -0.05) is 44.2 Å². The van der Waals surface area contributed by atoms with E-state index in [4.69, 9.17) is 10.2 Å². The number of aromatic nitrogens is 3. The average Bonchev–Trinajstić information content (AvgIpc) is 2.99. The van der Waals surface area contributed by atoms with Gasteiger partial charge in [-0.15, -0.1) is 0 Å². The third-order valence-electron chi connectivity index (χ3n) is 4.53. The van der Waals surface area contributed by atoms with E-state index in [1.807, 2.05) is 43.3 Å². The zero-order chi connectivity index (χ0) is 19.0. The Kier molecular flexibility index (Phi) is 4.24. The first-order valence-corrected chi connectivity index (χ1v) is 8.88. The van der Waals surface area contributed by atoms with Crippen molar-refractivity contribution in [2.24, 2.45) is 0 Å². The molecule has 2 heterocycles. The summed E-state index contributed by atoms with van der Waals surface area (Å²) in [7, 11) is 0. The lowest BCUT2D eigenvalue weighted by Crippen LogP contribution is -2.05. The first kappa shape index (κ1) is 17.0. The standard InChI is InChI=1S/C21H21N5O/c1-12(2)14-8-10-15(11-9-14)23-21-25-19(24-20(22)26-21)18-13(3)16-6-4-5-7-17(16)27-18/h4-12H,1-3H3,(H3,22,23,24,25,26). The SMILES string of the molecule is Cc1c(-c2nc(N)nc(Nc3ccc(C(C)C)cc3)n2)oc2ccccc12. The molecular weight excluding hydrogens is 338 g/mol. The minimum Gasteiger partial charge on any atom is -0.452 e. The second kappa shape index (κ2) is 6.72. The molecule has 0 atom stereocenters. The fraction of sp³-hybridized carbons (Fsp3) is 0.190. The van der Waals surface area contributed by atoms with Crippen molar-refractivity contribution in [2.75, 3.05) is 11.1 Å². The van der Waals surface area contributed by atoms with Crippen molar-refractivity contribution in [1.82, 2.24) is 15.0 Å². The van der Waals surface area contributed by atoms with Gasteiger partial charge >= 0.3 is 0 Å². The molecule has 0 radical (unpaired) electrons. The van der Waals surface area contributed by atoms with Crippen LogP contribution in [0, 0.1) is 6.92 Å². The molecule has 2 aromatic heterocycles. The molecule has 2 aromatic carbocycles. The summed E-state index contributed by atoms with van der Waals surface area (Å²) in [5.41, 5.74) is 9.84. The van der Waals surface area contributed by atoms with Gasteiger partial charge in [0, 0.05) is 16.6 Å². The van der Waals surface area contributed by atoms with Crippen LogP contribution in [0.5, 0.6) is 0 Å². The maximum absolute atomic E-state index is 5.95. The molecule has 4 rings (SSSR count). The minimum absolute atomic E-state index is 0.140. The predicted octanol–water partition coefficient (Wildman–Crippen LogP) is 5.04. The Morgan fingerprint density at radius 3 is 2.41 bits per heavy atom. The lowest BCUT2D eigenvalue weighted by Gasteiger charge is -2.09. The number of nitrogens with one attached hydrogen (secondary N) is 1. The van der Waals surface area contributed by atoms with Gasteiger partial charge in [0.1, 0.15) is 5.58 Å². The van der Waals surface area contributed by atoms with E-state index in [0.717, 1.165) is 22.2 Å². The van der Waals surface area contributed by atoms with E-state index in [0.29, 0.717) is 23.5 Å². The number of rotatable bonds is 4. The number of aryl methyl sites for hydroxylation is 1. The van der Waals surface area contributed by atoms with Gasteiger partial charge in [0.05, 0.1) is 0 Å². The summed E-state index contributed by atoms with van der Waals surface area (Å²) in [6.45, 7) is 6.31. The molecule has 4 aromatic rings. The molecule has 0 amide bonds. The van der Waals surface area contributed by atoms with Gasteiger partial charge in [0.15, 0.2) is 5.76 Å². The van der Waals surface area contributed by atoms with Crippen LogP contribution in [0.3, 0.4) is 0 Å². The van der Waals surface area contributed by atoms with Crippen molar-refractivity contribution in [1.29, 1.82) is 0 Å². The van der Waals surface area contributed by atoms with Crippen LogP contribution in [0.1, 0.15) is 30.9 Å². The summed E-state index contributed by atoms with van der Waals surface area (Å²) in [6, 6.07) is 16.0. The molecule has 0 spiro atoms. The molecule has 6 heteroatoms. The van der Waals surface area contributed by atoms with Gasteiger partial charge in [-0.3, -0.25) is 0 Å². The Labute approximate surface area is 157 Å². The molecule has 0 unspecified atom stereocenters. The molecular formula is C21H21N5O. The van der Waals surface area contributed by atoms with Gasteiger partial charge in [-0.25, -0.2) is 0 Å². The molecule has 0 bridgehead atoms. The smallest absolute Gasteiger partial charge is 0.232 e. The average molecular weight is 359 g/mol. The number of nitrogen functional groups attached to an aromatic ring is 1. The summed E-state index contributed by atoms with van der Waals surface area (Å²) in [4.78, 5) is 13.0. The highest BCUT2D eigenvalue weighted by Crippen LogP contribution is 2.31. The molecule has 0 aliphatic heterocycles. The van der Waals surface area contributed by atoms with E-state index in [1.54, 1.807) is 0 Å². The Hall–Kier alpha value is -3.41. The van der Waals surface area contributed by atoms with Crippen LogP contribution in [0.25, 0.3) is 22.6 Å². The van der Waals surface area contributed by atoms with Gasteiger partial charge < -0.3 is 15.5 Å². The van der Waals surface area contributed by atoms with Crippen LogP contribution in [0.15, 0.2) is 52.9 Å². The van der Waals surface area contributed by atoms with Crippen LogP contribution in [0.4, 0.5) is 17.6 Å². The third kappa shape index (κ3) is 3.33. The summed E-state index contributed by atoms with van der Waals surface area (Å²) in [5.74, 6) is 2.02. The fourth-order valence-corrected chi connectivity index (χ4v) is 3.02. The molecule has 0 saturated heterocycles. The number of hydrogen-bond donors (Lipinski definition) is 2. The summed E-state index contributed by atoms with van der Waals surface area (Å²) < 4.78 is 5.95. The monoisotopic (exact) mass is 359 g/mol. The number of anilines is 3. The van der Waals surface area contributed by atoms with E-state index in [1.165, 1.54) is 5.56 Å². The second-order valence-electron chi connectivity index (χ2n) is 6.79. The Bertz CT molecular complexity index is 1100. The van der Waals surface area contributed by atoms with E-state index in [2.05, 4.69) is 46.2 Å². The minimum atomic E-state index is 0.140. The second-order valence-corrected chi connectivity index (χ2v) is 6.79. The van der Waals surface area contributed by atoms with E-state index >= 15 is 0 Å². The highest BCUT2D eigenvalue weighted by molar-refractivity contribution is 5.86.